The highest BCUT2D eigenvalue weighted by Crippen LogP contribution is 2.43. The number of pyridine rings is 1. The van der Waals surface area contributed by atoms with Crippen LogP contribution in [-0.4, -0.2) is 34.0 Å². The van der Waals surface area contributed by atoms with Crippen molar-refractivity contribution in [2.75, 3.05) is 11.4 Å². The lowest BCUT2D eigenvalue weighted by atomic mass is 9.99. The number of nitrogens with zero attached hydrogens (tertiary/aromatic N) is 2. The van der Waals surface area contributed by atoms with Crippen LogP contribution in [0.3, 0.4) is 0 Å². The van der Waals surface area contributed by atoms with E-state index in [9.17, 15) is 19.5 Å². The summed E-state index contributed by atoms with van der Waals surface area (Å²) in [7, 11) is 0. The number of anilines is 1. The van der Waals surface area contributed by atoms with Crippen molar-refractivity contribution in [2.24, 2.45) is 0 Å². The molecular formula is C20H19FN2O4. The van der Waals surface area contributed by atoms with Crippen LogP contribution in [0.5, 0.6) is 0 Å². The number of carbonyl (C=O) groups is 2. The maximum absolute atomic E-state index is 15.2. The Morgan fingerprint density at radius 3 is 2.67 bits per heavy atom. The van der Waals surface area contributed by atoms with Gasteiger partial charge >= 0.3 is 5.97 Å². The summed E-state index contributed by atoms with van der Waals surface area (Å²) in [5, 5.41) is 9.46. The standard InChI is InChI=1S/C20H19FN2O4/c21-16-8-14-17(23(10-3-4-10)9-15(19(14)25)20(26)27)13-7-12(24)6-11-2-1-5-22(11)18(13)16/h8-11H,1-7H2,(H,26,27). The van der Waals surface area contributed by atoms with E-state index in [1.165, 1.54) is 12.3 Å². The molecule has 1 saturated carbocycles. The molecule has 5 rings (SSSR count). The number of fused-ring (bicyclic) bond motifs is 5. The minimum atomic E-state index is -1.32. The van der Waals surface area contributed by atoms with Crippen molar-refractivity contribution in [3.63, 3.8) is 0 Å². The predicted octanol–water partition coefficient (Wildman–Crippen LogP) is 2.66. The molecule has 2 aliphatic heterocycles. The van der Waals surface area contributed by atoms with Gasteiger partial charge in [-0.05, 0) is 31.7 Å². The number of aromatic nitrogens is 1. The number of carboxylic acids is 1. The Bertz CT molecular complexity index is 1070. The molecule has 0 radical (unpaired) electrons. The van der Waals surface area contributed by atoms with E-state index in [0.717, 1.165) is 25.7 Å². The van der Waals surface area contributed by atoms with Crippen LogP contribution in [-0.2, 0) is 11.2 Å². The molecule has 1 aromatic heterocycles. The van der Waals surface area contributed by atoms with Crippen molar-refractivity contribution in [1.29, 1.82) is 0 Å². The van der Waals surface area contributed by atoms with Crippen LogP contribution in [0.4, 0.5) is 10.1 Å². The average molecular weight is 370 g/mol. The number of Topliss-reactive ketones (excluding diaryl/α,β-unsaturated/α-hetero) is 1. The molecule has 1 saturated heterocycles. The monoisotopic (exact) mass is 370 g/mol. The molecule has 0 spiro atoms. The van der Waals surface area contributed by atoms with Crippen LogP contribution < -0.4 is 10.3 Å². The lowest BCUT2D eigenvalue weighted by Gasteiger charge is -2.27. The van der Waals surface area contributed by atoms with E-state index in [0.29, 0.717) is 29.7 Å². The molecule has 0 amide bonds. The molecule has 140 valence electrons. The van der Waals surface area contributed by atoms with Crippen molar-refractivity contribution in [3.05, 3.63) is 39.4 Å². The molecule has 1 aromatic carbocycles. The second-order valence-electron chi connectivity index (χ2n) is 7.81. The van der Waals surface area contributed by atoms with Crippen LogP contribution in [0.25, 0.3) is 10.9 Å². The predicted molar refractivity (Wildman–Crippen MR) is 97.1 cm³/mol. The van der Waals surface area contributed by atoms with Crippen LogP contribution in [0.15, 0.2) is 17.1 Å². The van der Waals surface area contributed by atoms with Crippen molar-refractivity contribution >= 4 is 28.3 Å². The molecule has 1 N–H and O–H groups in total. The smallest absolute Gasteiger partial charge is 0.341 e. The van der Waals surface area contributed by atoms with Gasteiger partial charge < -0.3 is 14.6 Å². The number of aromatic carboxylic acids is 1. The molecular weight excluding hydrogens is 351 g/mol. The number of rotatable bonds is 2. The fraction of sp³-hybridized carbons (Fsp3) is 0.450. The fourth-order valence-electron chi connectivity index (χ4n) is 4.70. The molecule has 1 unspecified atom stereocenters. The van der Waals surface area contributed by atoms with Gasteiger partial charge in [-0.1, -0.05) is 0 Å². The first-order chi connectivity index (χ1) is 13.0. The zero-order valence-corrected chi connectivity index (χ0v) is 14.7. The highest BCUT2D eigenvalue weighted by atomic mass is 19.1. The lowest BCUT2D eigenvalue weighted by Crippen LogP contribution is -2.30. The van der Waals surface area contributed by atoms with Gasteiger partial charge in [0, 0.05) is 48.6 Å². The number of hydrogen-bond acceptors (Lipinski definition) is 4. The van der Waals surface area contributed by atoms with Crippen LogP contribution in [0, 0.1) is 5.82 Å². The van der Waals surface area contributed by atoms with Crippen molar-refractivity contribution in [1.82, 2.24) is 4.57 Å². The molecule has 0 bridgehead atoms. The first kappa shape index (κ1) is 16.5. The minimum Gasteiger partial charge on any atom is -0.477 e. The number of hydrogen-bond donors (Lipinski definition) is 1. The van der Waals surface area contributed by atoms with Gasteiger partial charge in [-0.15, -0.1) is 0 Å². The molecule has 3 aliphatic rings. The summed E-state index contributed by atoms with van der Waals surface area (Å²) in [6.45, 7) is 0.689. The molecule has 27 heavy (non-hydrogen) atoms. The summed E-state index contributed by atoms with van der Waals surface area (Å²) in [6.07, 6.45) is 5.36. The zero-order valence-electron chi connectivity index (χ0n) is 14.7. The van der Waals surface area contributed by atoms with Crippen molar-refractivity contribution in [2.45, 2.75) is 50.6 Å². The molecule has 1 atom stereocenters. The Morgan fingerprint density at radius 2 is 1.96 bits per heavy atom. The summed E-state index contributed by atoms with van der Waals surface area (Å²) >= 11 is 0. The van der Waals surface area contributed by atoms with Gasteiger partial charge in [-0.3, -0.25) is 9.59 Å². The van der Waals surface area contributed by atoms with Crippen LogP contribution in [0.1, 0.15) is 54.1 Å². The van der Waals surface area contributed by atoms with E-state index in [4.69, 9.17) is 0 Å². The lowest BCUT2D eigenvalue weighted by molar-refractivity contribution is -0.118. The van der Waals surface area contributed by atoms with Gasteiger partial charge in [-0.2, -0.15) is 0 Å². The molecule has 2 aromatic rings. The number of halogens is 1. The van der Waals surface area contributed by atoms with E-state index in [2.05, 4.69) is 0 Å². The van der Waals surface area contributed by atoms with Gasteiger partial charge in [0.25, 0.3) is 0 Å². The summed E-state index contributed by atoms with van der Waals surface area (Å²) < 4.78 is 17.0. The molecule has 3 heterocycles. The second kappa shape index (κ2) is 5.65. The van der Waals surface area contributed by atoms with Crippen LogP contribution >= 0.6 is 0 Å². The molecule has 7 heteroatoms. The third kappa shape index (κ3) is 2.40. The molecule has 2 fully saturated rings. The maximum Gasteiger partial charge on any atom is 0.341 e. The van der Waals surface area contributed by atoms with Crippen LogP contribution in [0.2, 0.25) is 0 Å². The van der Waals surface area contributed by atoms with E-state index in [-0.39, 0.29) is 35.2 Å². The summed E-state index contributed by atoms with van der Waals surface area (Å²) in [5.74, 6) is -1.82. The first-order valence-electron chi connectivity index (χ1n) is 9.37. The number of carbonyl (C=O) groups excluding carboxylic acids is 1. The van der Waals surface area contributed by atoms with E-state index >= 15 is 4.39 Å². The normalized spacial score (nSPS) is 21.9. The van der Waals surface area contributed by atoms with Gasteiger partial charge in [0.2, 0.25) is 5.43 Å². The zero-order chi connectivity index (χ0) is 18.9. The average Bonchev–Trinajstić information content (AvgIpc) is 3.38. The third-order valence-corrected chi connectivity index (χ3v) is 6.01. The maximum atomic E-state index is 15.2. The van der Waals surface area contributed by atoms with E-state index in [1.54, 1.807) is 4.57 Å². The SMILES string of the molecule is O=C1Cc2c(c(F)cc3c(=O)c(C(=O)O)cn(C4CC4)c23)N2CCCC2C1. The molecule has 1 aliphatic carbocycles. The summed E-state index contributed by atoms with van der Waals surface area (Å²) in [4.78, 5) is 38.8. The second-order valence-corrected chi connectivity index (χ2v) is 7.81. The third-order valence-electron chi connectivity index (χ3n) is 6.01. The number of ketones is 1. The summed E-state index contributed by atoms with van der Waals surface area (Å²) in [6, 6.07) is 1.27. The number of benzene rings is 1. The highest BCUT2D eigenvalue weighted by Gasteiger charge is 2.37. The van der Waals surface area contributed by atoms with Gasteiger partial charge in [0.15, 0.2) is 0 Å². The topological polar surface area (TPSA) is 79.6 Å². The van der Waals surface area contributed by atoms with Gasteiger partial charge in [0.1, 0.15) is 17.2 Å². The number of carboxylic acid groups (broad SMARTS) is 1. The van der Waals surface area contributed by atoms with Crippen molar-refractivity contribution < 1.29 is 19.1 Å². The first-order valence-corrected chi connectivity index (χ1v) is 9.37. The Kier molecular flexibility index (Phi) is 3.44. The highest BCUT2D eigenvalue weighted by molar-refractivity contribution is 5.98. The van der Waals surface area contributed by atoms with Gasteiger partial charge in [0.05, 0.1) is 11.2 Å². The Morgan fingerprint density at radius 1 is 1.19 bits per heavy atom. The fourth-order valence-corrected chi connectivity index (χ4v) is 4.70. The quantitative estimate of drug-likeness (QED) is 0.879. The Hall–Kier alpha value is -2.70. The largest absolute Gasteiger partial charge is 0.477 e. The van der Waals surface area contributed by atoms with E-state index in [1.807, 2.05) is 4.90 Å². The Balaban J connectivity index is 1.90. The van der Waals surface area contributed by atoms with Crippen molar-refractivity contribution in [3.8, 4) is 0 Å². The molecule has 6 nitrogen and oxygen atoms in total. The van der Waals surface area contributed by atoms with Gasteiger partial charge in [-0.25, -0.2) is 9.18 Å². The minimum absolute atomic E-state index is 0.00471. The van der Waals surface area contributed by atoms with E-state index < -0.39 is 17.2 Å². The summed E-state index contributed by atoms with van der Waals surface area (Å²) in [5.41, 5.74) is 0.455. The Labute approximate surface area is 154 Å².